The maximum atomic E-state index is 12.5. The Morgan fingerprint density at radius 3 is 2.53 bits per heavy atom. The van der Waals surface area contributed by atoms with Crippen molar-refractivity contribution in [2.75, 3.05) is 12.8 Å². The highest BCUT2D eigenvalue weighted by molar-refractivity contribution is 7.99. The van der Waals surface area contributed by atoms with Gasteiger partial charge in [-0.05, 0) is 17.7 Å². The molecule has 1 amide bonds. The van der Waals surface area contributed by atoms with Gasteiger partial charge in [-0.3, -0.25) is 19.5 Å². The molecule has 0 saturated carbocycles. The minimum atomic E-state index is -0.447. The van der Waals surface area contributed by atoms with E-state index in [-0.39, 0.29) is 17.3 Å². The number of nitro benzene ring substituents is 1. The summed E-state index contributed by atoms with van der Waals surface area (Å²) in [5.41, 5.74) is 1.78. The van der Waals surface area contributed by atoms with Crippen LogP contribution in [0.3, 0.4) is 0 Å². The van der Waals surface area contributed by atoms with Gasteiger partial charge in [0.15, 0.2) is 11.0 Å². The quantitative estimate of drug-likeness (QED) is 0.225. The van der Waals surface area contributed by atoms with Crippen LogP contribution in [-0.4, -0.2) is 43.3 Å². The monoisotopic (exact) mass is 423 g/mol. The Hall–Kier alpha value is -3.46. The van der Waals surface area contributed by atoms with Crippen LogP contribution in [0.5, 0.6) is 0 Å². The molecule has 0 fully saturated rings. The highest BCUT2D eigenvalue weighted by Gasteiger charge is 2.17. The molecule has 9 heteroatoms. The third kappa shape index (κ3) is 5.12. The van der Waals surface area contributed by atoms with Crippen LogP contribution in [0.4, 0.5) is 5.69 Å². The topological polar surface area (TPSA) is 94.2 Å². The first kappa shape index (κ1) is 21.3. The SMILES string of the molecule is C=CCn1c(SCC(=O)N(C)Cc2ccccc2)nnc1-c1ccc([N+](=O)[O-])cc1. The van der Waals surface area contributed by atoms with E-state index >= 15 is 0 Å². The van der Waals surface area contributed by atoms with Gasteiger partial charge in [-0.15, -0.1) is 16.8 Å². The highest BCUT2D eigenvalue weighted by Crippen LogP contribution is 2.26. The molecule has 0 aliphatic rings. The van der Waals surface area contributed by atoms with Crippen molar-refractivity contribution in [3.05, 3.63) is 82.9 Å². The molecule has 0 N–H and O–H groups in total. The molecule has 0 bridgehead atoms. The molecule has 30 heavy (non-hydrogen) atoms. The first-order valence-corrected chi connectivity index (χ1v) is 10.2. The molecule has 8 nitrogen and oxygen atoms in total. The summed E-state index contributed by atoms with van der Waals surface area (Å²) in [7, 11) is 1.77. The second-order valence-electron chi connectivity index (χ2n) is 6.53. The van der Waals surface area contributed by atoms with Gasteiger partial charge in [-0.25, -0.2) is 0 Å². The van der Waals surface area contributed by atoms with E-state index in [1.807, 2.05) is 34.9 Å². The maximum Gasteiger partial charge on any atom is 0.269 e. The molecular weight excluding hydrogens is 402 g/mol. The molecule has 0 radical (unpaired) electrons. The van der Waals surface area contributed by atoms with E-state index in [0.717, 1.165) is 5.56 Å². The third-order valence-electron chi connectivity index (χ3n) is 4.38. The molecule has 3 rings (SSSR count). The standard InChI is InChI=1S/C21H21N5O3S/c1-3-13-25-20(17-9-11-18(12-10-17)26(28)29)22-23-21(25)30-15-19(27)24(2)14-16-7-5-4-6-8-16/h3-12H,1,13-15H2,2H3. The van der Waals surface area contributed by atoms with Crippen molar-refractivity contribution < 1.29 is 9.72 Å². The van der Waals surface area contributed by atoms with Gasteiger partial charge in [0.2, 0.25) is 5.91 Å². The minimum absolute atomic E-state index is 0.00943. The van der Waals surface area contributed by atoms with Gasteiger partial charge in [-0.2, -0.15) is 0 Å². The molecule has 0 spiro atoms. The Labute approximate surface area is 178 Å². The summed E-state index contributed by atoms with van der Waals surface area (Å²) < 4.78 is 1.84. The number of allylic oxidation sites excluding steroid dienone is 1. The Morgan fingerprint density at radius 1 is 1.20 bits per heavy atom. The normalized spacial score (nSPS) is 10.6. The molecule has 1 aromatic heterocycles. The summed E-state index contributed by atoms with van der Waals surface area (Å²) >= 11 is 1.30. The fourth-order valence-electron chi connectivity index (χ4n) is 2.82. The zero-order valence-electron chi connectivity index (χ0n) is 16.5. The van der Waals surface area contributed by atoms with Crippen LogP contribution in [0.25, 0.3) is 11.4 Å². The second-order valence-corrected chi connectivity index (χ2v) is 7.48. The van der Waals surface area contributed by atoms with Crippen LogP contribution in [0, 0.1) is 10.1 Å². The summed E-state index contributed by atoms with van der Waals surface area (Å²) in [6.45, 7) is 4.76. The van der Waals surface area contributed by atoms with Gasteiger partial charge in [0.05, 0.1) is 10.7 Å². The molecule has 0 aliphatic heterocycles. The lowest BCUT2D eigenvalue weighted by Crippen LogP contribution is -2.27. The molecule has 0 atom stereocenters. The van der Waals surface area contributed by atoms with Gasteiger partial charge in [0, 0.05) is 37.8 Å². The molecule has 0 saturated heterocycles. The summed E-state index contributed by atoms with van der Waals surface area (Å²) in [6, 6.07) is 15.9. The third-order valence-corrected chi connectivity index (χ3v) is 5.33. The number of rotatable bonds is 9. The average molecular weight is 423 g/mol. The van der Waals surface area contributed by atoms with Gasteiger partial charge in [0.1, 0.15) is 0 Å². The molecule has 0 unspecified atom stereocenters. The predicted octanol–water partition coefficient (Wildman–Crippen LogP) is 3.79. The molecule has 154 valence electrons. The van der Waals surface area contributed by atoms with Crippen LogP contribution < -0.4 is 0 Å². The van der Waals surface area contributed by atoms with Crippen LogP contribution in [0.15, 0.2) is 72.4 Å². The molecular formula is C21H21N5O3S. The van der Waals surface area contributed by atoms with Crippen LogP contribution in [-0.2, 0) is 17.9 Å². The number of benzene rings is 2. The van der Waals surface area contributed by atoms with Gasteiger partial charge in [0.25, 0.3) is 5.69 Å². The van der Waals surface area contributed by atoms with Gasteiger partial charge < -0.3 is 4.90 Å². The number of hydrogen-bond donors (Lipinski definition) is 0. The smallest absolute Gasteiger partial charge is 0.269 e. The molecule has 0 aliphatic carbocycles. The average Bonchev–Trinajstić information content (AvgIpc) is 3.15. The highest BCUT2D eigenvalue weighted by atomic mass is 32.2. The maximum absolute atomic E-state index is 12.5. The van der Waals surface area contributed by atoms with Crippen LogP contribution in [0.1, 0.15) is 5.56 Å². The number of nitrogens with zero attached hydrogens (tertiary/aromatic N) is 5. The fraction of sp³-hybridized carbons (Fsp3) is 0.190. The summed E-state index contributed by atoms with van der Waals surface area (Å²) in [6.07, 6.45) is 1.71. The van der Waals surface area contributed by atoms with E-state index in [1.165, 1.54) is 23.9 Å². The molecule has 1 heterocycles. The lowest BCUT2D eigenvalue weighted by molar-refractivity contribution is -0.384. The number of nitro groups is 1. The van der Waals surface area contributed by atoms with E-state index < -0.39 is 4.92 Å². The Kier molecular flexibility index (Phi) is 6.97. The largest absolute Gasteiger partial charge is 0.341 e. The summed E-state index contributed by atoms with van der Waals surface area (Å²) in [5.74, 6) is 0.769. The second kappa shape index (κ2) is 9.84. The lowest BCUT2D eigenvalue weighted by atomic mass is 10.2. The number of hydrogen-bond acceptors (Lipinski definition) is 6. The number of carbonyl (C=O) groups is 1. The van der Waals surface area contributed by atoms with Crippen molar-refractivity contribution in [2.45, 2.75) is 18.2 Å². The Balaban J connectivity index is 1.71. The van der Waals surface area contributed by atoms with Gasteiger partial charge >= 0.3 is 0 Å². The van der Waals surface area contributed by atoms with E-state index in [4.69, 9.17) is 0 Å². The number of non-ortho nitro benzene ring substituents is 1. The minimum Gasteiger partial charge on any atom is -0.341 e. The zero-order valence-corrected chi connectivity index (χ0v) is 17.3. The summed E-state index contributed by atoms with van der Waals surface area (Å²) in [5, 5.41) is 19.9. The van der Waals surface area contributed by atoms with E-state index in [1.54, 1.807) is 30.2 Å². The van der Waals surface area contributed by atoms with Gasteiger partial charge in [-0.1, -0.05) is 48.2 Å². The Bertz CT molecular complexity index is 1030. The lowest BCUT2D eigenvalue weighted by Gasteiger charge is -2.17. The van der Waals surface area contributed by atoms with Crippen molar-refractivity contribution in [3.63, 3.8) is 0 Å². The van der Waals surface area contributed by atoms with E-state index in [9.17, 15) is 14.9 Å². The van der Waals surface area contributed by atoms with E-state index in [0.29, 0.717) is 29.6 Å². The molecule has 2 aromatic carbocycles. The number of carbonyl (C=O) groups excluding carboxylic acids is 1. The van der Waals surface area contributed by atoms with Crippen molar-refractivity contribution in [3.8, 4) is 11.4 Å². The fourth-order valence-corrected chi connectivity index (χ4v) is 3.71. The number of amides is 1. The summed E-state index contributed by atoms with van der Waals surface area (Å²) in [4.78, 5) is 24.6. The predicted molar refractivity (Wildman–Crippen MR) is 116 cm³/mol. The zero-order chi connectivity index (χ0) is 21.5. The van der Waals surface area contributed by atoms with Crippen molar-refractivity contribution in [1.29, 1.82) is 0 Å². The van der Waals surface area contributed by atoms with Crippen molar-refractivity contribution in [1.82, 2.24) is 19.7 Å². The Morgan fingerprint density at radius 2 is 1.90 bits per heavy atom. The first-order chi connectivity index (χ1) is 14.5. The van der Waals surface area contributed by atoms with Crippen molar-refractivity contribution >= 4 is 23.4 Å². The number of thioether (sulfide) groups is 1. The van der Waals surface area contributed by atoms with Crippen molar-refractivity contribution in [2.24, 2.45) is 0 Å². The van der Waals surface area contributed by atoms with E-state index in [2.05, 4.69) is 16.8 Å². The first-order valence-electron chi connectivity index (χ1n) is 9.19. The van der Waals surface area contributed by atoms with Crippen LogP contribution >= 0.6 is 11.8 Å². The number of aromatic nitrogens is 3. The van der Waals surface area contributed by atoms with Crippen LogP contribution in [0.2, 0.25) is 0 Å². The molecule has 3 aromatic rings.